The fraction of sp³-hybridized carbons (Fsp3) is 0.273. The van der Waals surface area contributed by atoms with Gasteiger partial charge in [-0.15, -0.1) is 11.3 Å². The minimum absolute atomic E-state index is 0.0611. The van der Waals surface area contributed by atoms with Gasteiger partial charge in [-0.3, -0.25) is 4.98 Å². The molecule has 0 saturated carbocycles. The van der Waals surface area contributed by atoms with Crippen LogP contribution in [0.1, 0.15) is 16.8 Å². The standard InChI is InChI=1S/C11H13N3O2S/c1-7-10(16)9(6-15)8(4-13-7)5-14-11-12-2-3-17-11/h2-4,15-16H,5-6H2,1H3,(H,12,14). The topological polar surface area (TPSA) is 78.3 Å². The number of aliphatic hydroxyl groups excluding tert-OH is 1. The third-order valence-electron chi connectivity index (χ3n) is 2.45. The van der Waals surface area contributed by atoms with Crippen molar-refractivity contribution in [3.63, 3.8) is 0 Å². The number of aryl methyl sites for hydroxylation is 1. The van der Waals surface area contributed by atoms with E-state index in [0.29, 0.717) is 17.8 Å². The Hall–Kier alpha value is -1.66. The van der Waals surface area contributed by atoms with Crippen molar-refractivity contribution in [2.24, 2.45) is 0 Å². The van der Waals surface area contributed by atoms with Gasteiger partial charge in [-0.05, 0) is 12.5 Å². The molecule has 0 bridgehead atoms. The van der Waals surface area contributed by atoms with Crippen molar-refractivity contribution >= 4 is 16.5 Å². The minimum Gasteiger partial charge on any atom is -0.506 e. The van der Waals surface area contributed by atoms with Crippen LogP contribution in [0.4, 0.5) is 5.13 Å². The Morgan fingerprint density at radius 1 is 1.41 bits per heavy atom. The van der Waals surface area contributed by atoms with Crippen LogP contribution < -0.4 is 5.32 Å². The fourth-order valence-corrected chi connectivity index (χ4v) is 2.02. The Morgan fingerprint density at radius 2 is 2.24 bits per heavy atom. The average Bonchev–Trinajstić information content (AvgIpc) is 2.83. The van der Waals surface area contributed by atoms with E-state index in [1.165, 1.54) is 11.3 Å². The summed E-state index contributed by atoms with van der Waals surface area (Å²) in [7, 11) is 0. The molecule has 3 N–H and O–H groups in total. The van der Waals surface area contributed by atoms with E-state index in [9.17, 15) is 10.2 Å². The van der Waals surface area contributed by atoms with Gasteiger partial charge in [0.15, 0.2) is 5.13 Å². The van der Waals surface area contributed by atoms with E-state index < -0.39 is 0 Å². The lowest BCUT2D eigenvalue weighted by atomic mass is 10.1. The van der Waals surface area contributed by atoms with Crippen molar-refractivity contribution in [3.05, 3.63) is 34.6 Å². The first kappa shape index (κ1) is 11.8. The zero-order valence-electron chi connectivity index (χ0n) is 9.34. The van der Waals surface area contributed by atoms with Gasteiger partial charge >= 0.3 is 0 Å². The van der Waals surface area contributed by atoms with Crippen LogP contribution in [0, 0.1) is 6.92 Å². The number of anilines is 1. The maximum absolute atomic E-state index is 9.77. The molecule has 2 aromatic rings. The van der Waals surface area contributed by atoms with Crippen LogP contribution in [-0.2, 0) is 13.2 Å². The van der Waals surface area contributed by atoms with Gasteiger partial charge in [0, 0.05) is 29.9 Å². The van der Waals surface area contributed by atoms with Gasteiger partial charge in [0.05, 0.1) is 12.3 Å². The number of aromatic hydroxyl groups is 1. The lowest BCUT2D eigenvalue weighted by Gasteiger charge is -2.11. The van der Waals surface area contributed by atoms with E-state index in [2.05, 4.69) is 15.3 Å². The fourth-order valence-electron chi connectivity index (χ4n) is 1.49. The van der Waals surface area contributed by atoms with Crippen molar-refractivity contribution in [1.82, 2.24) is 9.97 Å². The first-order valence-corrected chi connectivity index (χ1v) is 6.01. The molecule has 0 aromatic carbocycles. The van der Waals surface area contributed by atoms with E-state index in [0.717, 1.165) is 10.7 Å². The van der Waals surface area contributed by atoms with Crippen LogP contribution in [-0.4, -0.2) is 20.2 Å². The van der Waals surface area contributed by atoms with E-state index in [1.807, 2.05) is 5.38 Å². The number of aliphatic hydroxyl groups is 1. The first-order chi connectivity index (χ1) is 8.22. The first-order valence-electron chi connectivity index (χ1n) is 5.13. The highest BCUT2D eigenvalue weighted by Crippen LogP contribution is 2.24. The van der Waals surface area contributed by atoms with Crippen LogP contribution in [0.15, 0.2) is 17.8 Å². The molecule has 0 radical (unpaired) electrons. The van der Waals surface area contributed by atoms with Gasteiger partial charge in [0.25, 0.3) is 0 Å². The maximum Gasteiger partial charge on any atom is 0.182 e. The number of aromatic nitrogens is 2. The molecule has 0 spiro atoms. The molecule has 17 heavy (non-hydrogen) atoms. The predicted molar refractivity (Wildman–Crippen MR) is 66.0 cm³/mol. The molecule has 2 aromatic heterocycles. The number of nitrogens with zero attached hydrogens (tertiary/aromatic N) is 2. The Balaban J connectivity index is 2.18. The van der Waals surface area contributed by atoms with E-state index >= 15 is 0 Å². The maximum atomic E-state index is 9.77. The number of thiazole rings is 1. The van der Waals surface area contributed by atoms with Crippen LogP contribution >= 0.6 is 11.3 Å². The summed E-state index contributed by atoms with van der Waals surface area (Å²) in [6.45, 7) is 1.97. The molecule has 0 atom stereocenters. The van der Waals surface area contributed by atoms with Gasteiger partial charge in [-0.2, -0.15) is 0 Å². The smallest absolute Gasteiger partial charge is 0.182 e. The summed E-state index contributed by atoms with van der Waals surface area (Å²) in [5.74, 6) is 0.0611. The number of rotatable bonds is 4. The summed E-state index contributed by atoms with van der Waals surface area (Å²) in [5, 5.41) is 24.8. The summed E-state index contributed by atoms with van der Waals surface area (Å²) >= 11 is 1.50. The number of hydrogen-bond acceptors (Lipinski definition) is 6. The minimum atomic E-state index is -0.204. The van der Waals surface area contributed by atoms with Crippen molar-refractivity contribution in [2.75, 3.05) is 5.32 Å². The monoisotopic (exact) mass is 251 g/mol. The van der Waals surface area contributed by atoms with Crippen LogP contribution in [0.3, 0.4) is 0 Å². The molecule has 0 aliphatic carbocycles. The third-order valence-corrected chi connectivity index (χ3v) is 3.18. The molecular weight excluding hydrogens is 238 g/mol. The normalized spacial score (nSPS) is 10.5. The van der Waals surface area contributed by atoms with Crippen LogP contribution in [0.2, 0.25) is 0 Å². The molecule has 0 fully saturated rings. The molecule has 2 rings (SSSR count). The summed E-state index contributed by atoms with van der Waals surface area (Å²) in [4.78, 5) is 8.16. The molecule has 6 heteroatoms. The molecule has 0 saturated heterocycles. The van der Waals surface area contributed by atoms with Gasteiger partial charge < -0.3 is 15.5 Å². The molecular formula is C11H13N3O2S. The van der Waals surface area contributed by atoms with E-state index in [4.69, 9.17) is 0 Å². The summed E-state index contributed by atoms with van der Waals surface area (Å²) in [6, 6.07) is 0. The molecule has 90 valence electrons. The predicted octanol–water partition coefficient (Wildman–Crippen LogP) is 1.66. The Morgan fingerprint density at radius 3 is 2.88 bits per heavy atom. The number of hydrogen-bond donors (Lipinski definition) is 3. The lowest BCUT2D eigenvalue weighted by molar-refractivity contribution is 0.273. The van der Waals surface area contributed by atoms with Gasteiger partial charge in [-0.1, -0.05) is 0 Å². The Kier molecular flexibility index (Phi) is 3.55. The average molecular weight is 251 g/mol. The van der Waals surface area contributed by atoms with Crippen LogP contribution in [0.5, 0.6) is 5.75 Å². The molecule has 0 aliphatic rings. The molecule has 0 aliphatic heterocycles. The van der Waals surface area contributed by atoms with E-state index in [-0.39, 0.29) is 12.4 Å². The van der Waals surface area contributed by atoms with Crippen molar-refractivity contribution in [3.8, 4) is 5.75 Å². The van der Waals surface area contributed by atoms with Crippen LogP contribution in [0.25, 0.3) is 0 Å². The van der Waals surface area contributed by atoms with Crippen molar-refractivity contribution in [1.29, 1.82) is 0 Å². The second-order valence-electron chi connectivity index (χ2n) is 3.54. The van der Waals surface area contributed by atoms with E-state index in [1.54, 1.807) is 19.3 Å². The zero-order chi connectivity index (χ0) is 12.3. The molecule has 5 nitrogen and oxygen atoms in total. The Bertz CT molecular complexity index is 500. The second-order valence-corrected chi connectivity index (χ2v) is 4.44. The molecule has 0 amide bonds. The highest BCUT2D eigenvalue weighted by Gasteiger charge is 2.10. The quantitative estimate of drug-likeness (QED) is 0.770. The molecule has 0 unspecified atom stereocenters. The van der Waals surface area contributed by atoms with Crippen molar-refractivity contribution in [2.45, 2.75) is 20.1 Å². The summed E-state index contributed by atoms with van der Waals surface area (Å²) < 4.78 is 0. The third kappa shape index (κ3) is 2.54. The number of pyridine rings is 1. The van der Waals surface area contributed by atoms with Gasteiger partial charge in [0.2, 0.25) is 0 Å². The second kappa shape index (κ2) is 5.11. The van der Waals surface area contributed by atoms with Crippen molar-refractivity contribution < 1.29 is 10.2 Å². The Labute approximate surface area is 103 Å². The summed E-state index contributed by atoms with van der Waals surface area (Å²) in [6.07, 6.45) is 3.37. The highest BCUT2D eigenvalue weighted by molar-refractivity contribution is 7.13. The lowest BCUT2D eigenvalue weighted by Crippen LogP contribution is -2.05. The van der Waals surface area contributed by atoms with Gasteiger partial charge in [0.1, 0.15) is 5.75 Å². The zero-order valence-corrected chi connectivity index (χ0v) is 10.2. The van der Waals surface area contributed by atoms with Gasteiger partial charge in [-0.25, -0.2) is 4.98 Å². The summed E-state index contributed by atoms with van der Waals surface area (Å²) in [5.41, 5.74) is 1.81. The molecule has 2 heterocycles. The highest BCUT2D eigenvalue weighted by atomic mass is 32.1. The SMILES string of the molecule is Cc1ncc(CNc2nccs2)c(CO)c1O. The largest absolute Gasteiger partial charge is 0.506 e. The number of nitrogens with one attached hydrogen (secondary N) is 1.